The first kappa shape index (κ1) is 19.0. The molecule has 0 aliphatic rings. The van der Waals surface area contributed by atoms with Gasteiger partial charge in [0.15, 0.2) is 0 Å². The molecule has 0 spiro atoms. The van der Waals surface area contributed by atoms with E-state index in [4.69, 9.17) is 0 Å². The van der Waals surface area contributed by atoms with Crippen molar-refractivity contribution in [3.05, 3.63) is 36.6 Å². The summed E-state index contributed by atoms with van der Waals surface area (Å²) in [5, 5.41) is 3.44. The second kappa shape index (κ2) is 11.8. The molecule has 116 valence electrons. The summed E-state index contributed by atoms with van der Waals surface area (Å²) in [4.78, 5) is 0. The molecule has 0 saturated carbocycles. The van der Waals surface area contributed by atoms with Gasteiger partial charge in [0.05, 0.1) is 0 Å². The molecule has 20 heavy (non-hydrogen) atoms. The third-order valence-electron chi connectivity index (χ3n) is 3.70. The van der Waals surface area contributed by atoms with Crippen LogP contribution < -0.4 is 5.32 Å². The van der Waals surface area contributed by atoms with E-state index in [0.29, 0.717) is 5.92 Å². The molecule has 0 saturated heterocycles. The van der Waals surface area contributed by atoms with E-state index < -0.39 is 0 Å². The highest BCUT2D eigenvalue weighted by atomic mass is 14.9. The van der Waals surface area contributed by atoms with Crippen LogP contribution in [0, 0.1) is 5.92 Å². The number of unbranched alkanes of at least 4 members (excludes halogenated alkanes) is 3. The SMILES string of the molecule is C=C(C)CCCCC(=C)NCCCCCC(=C)C(C)C. The summed E-state index contributed by atoms with van der Waals surface area (Å²) in [6, 6.07) is 0. The lowest BCUT2D eigenvalue weighted by Gasteiger charge is -2.11. The zero-order chi connectivity index (χ0) is 15.4. The van der Waals surface area contributed by atoms with E-state index in [9.17, 15) is 0 Å². The van der Waals surface area contributed by atoms with Crippen molar-refractivity contribution in [2.24, 2.45) is 5.92 Å². The number of hydrogen-bond acceptors (Lipinski definition) is 1. The fourth-order valence-corrected chi connectivity index (χ4v) is 2.06. The van der Waals surface area contributed by atoms with Crippen LogP contribution in [-0.2, 0) is 0 Å². The molecule has 0 aromatic heterocycles. The monoisotopic (exact) mass is 277 g/mol. The van der Waals surface area contributed by atoms with Crippen molar-refractivity contribution in [3.63, 3.8) is 0 Å². The molecule has 1 nitrogen and oxygen atoms in total. The molecule has 0 heterocycles. The summed E-state index contributed by atoms with van der Waals surface area (Å²) >= 11 is 0. The lowest BCUT2D eigenvalue weighted by molar-refractivity contribution is 0.602. The maximum atomic E-state index is 4.12. The van der Waals surface area contributed by atoms with Crippen LogP contribution in [0.5, 0.6) is 0 Å². The van der Waals surface area contributed by atoms with Crippen LogP contribution in [0.4, 0.5) is 0 Å². The lowest BCUT2D eigenvalue weighted by Crippen LogP contribution is -2.13. The van der Waals surface area contributed by atoms with E-state index >= 15 is 0 Å². The van der Waals surface area contributed by atoms with Crippen molar-refractivity contribution in [3.8, 4) is 0 Å². The van der Waals surface area contributed by atoms with E-state index in [1.54, 1.807) is 0 Å². The van der Waals surface area contributed by atoms with Crippen LogP contribution in [-0.4, -0.2) is 6.54 Å². The Morgan fingerprint density at radius 3 is 2.05 bits per heavy atom. The lowest BCUT2D eigenvalue weighted by atomic mass is 9.99. The van der Waals surface area contributed by atoms with Gasteiger partial charge >= 0.3 is 0 Å². The molecule has 0 fully saturated rings. The summed E-state index contributed by atoms with van der Waals surface area (Å²) < 4.78 is 0. The molecule has 0 rings (SSSR count). The number of hydrogen-bond donors (Lipinski definition) is 1. The maximum absolute atomic E-state index is 4.12. The predicted octanol–water partition coefficient (Wildman–Crippen LogP) is 6.00. The molecule has 0 aromatic carbocycles. The van der Waals surface area contributed by atoms with Crippen molar-refractivity contribution < 1.29 is 0 Å². The maximum Gasteiger partial charge on any atom is 0.0143 e. The van der Waals surface area contributed by atoms with Crippen molar-refractivity contribution in [1.29, 1.82) is 0 Å². The van der Waals surface area contributed by atoms with Crippen LogP contribution in [0.15, 0.2) is 36.6 Å². The molecule has 0 unspecified atom stereocenters. The van der Waals surface area contributed by atoms with E-state index in [1.807, 2.05) is 0 Å². The first-order chi connectivity index (χ1) is 9.43. The second-order valence-corrected chi connectivity index (χ2v) is 6.32. The molecule has 0 atom stereocenters. The number of rotatable bonds is 13. The molecule has 1 heteroatoms. The Balaban J connectivity index is 3.35. The van der Waals surface area contributed by atoms with Crippen LogP contribution in [0.25, 0.3) is 0 Å². The number of nitrogens with one attached hydrogen (secondary N) is 1. The first-order valence-corrected chi connectivity index (χ1v) is 8.17. The van der Waals surface area contributed by atoms with Gasteiger partial charge in [-0.3, -0.25) is 0 Å². The zero-order valence-corrected chi connectivity index (χ0v) is 14.1. The largest absolute Gasteiger partial charge is 0.389 e. The van der Waals surface area contributed by atoms with Crippen molar-refractivity contribution in [1.82, 2.24) is 5.32 Å². The smallest absolute Gasteiger partial charge is 0.0143 e. The van der Waals surface area contributed by atoms with Gasteiger partial charge in [-0.05, 0) is 57.8 Å². The minimum absolute atomic E-state index is 0.632. The summed E-state index contributed by atoms with van der Waals surface area (Å²) in [5.74, 6) is 0.632. The summed E-state index contributed by atoms with van der Waals surface area (Å²) in [7, 11) is 0. The van der Waals surface area contributed by atoms with Crippen molar-refractivity contribution in [2.45, 2.75) is 72.1 Å². The Kier molecular flexibility index (Phi) is 11.2. The van der Waals surface area contributed by atoms with Crippen LogP contribution in [0.2, 0.25) is 0 Å². The Bertz CT molecular complexity index is 299. The van der Waals surface area contributed by atoms with Gasteiger partial charge in [-0.25, -0.2) is 0 Å². The van der Waals surface area contributed by atoms with Crippen LogP contribution in [0.3, 0.4) is 0 Å². The minimum Gasteiger partial charge on any atom is -0.389 e. The van der Waals surface area contributed by atoms with Gasteiger partial charge in [0.25, 0.3) is 0 Å². The highest BCUT2D eigenvalue weighted by Gasteiger charge is 2.00. The van der Waals surface area contributed by atoms with Gasteiger partial charge in [-0.15, -0.1) is 6.58 Å². The third kappa shape index (κ3) is 12.1. The Morgan fingerprint density at radius 1 is 0.850 bits per heavy atom. The van der Waals surface area contributed by atoms with Crippen LogP contribution in [0.1, 0.15) is 72.1 Å². The van der Waals surface area contributed by atoms with E-state index in [2.05, 4.69) is 45.8 Å². The third-order valence-corrected chi connectivity index (χ3v) is 3.70. The quantitative estimate of drug-likeness (QED) is 0.321. The molecule has 0 aliphatic carbocycles. The summed E-state index contributed by atoms with van der Waals surface area (Å²) in [6.07, 6.45) is 9.64. The molecule has 1 N–H and O–H groups in total. The zero-order valence-electron chi connectivity index (χ0n) is 14.1. The number of allylic oxidation sites excluding steroid dienone is 3. The van der Waals surface area contributed by atoms with Gasteiger partial charge in [0.1, 0.15) is 0 Å². The van der Waals surface area contributed by atoms with E-state index in [0.717, 1.165) is 19.4 Å². The Morgan fingerprint density at radius 2 is 1.45 bits per heavy atom. The summed E-state index contributed by atoms with van der Waals surface area (Å²) in [5.41, 5.74) is 3.87. The molecular weight excluding hydrogens is 242 g/mol. The highest BCUT2D eigenvalue weighted by Crippen LogP contribution is 2.15. The molecule has 0 aliphatic heterocycles. The normalized spacial score (nSPS) is 10.6. The van der Waals surface area contributed by atoms with Gasteiger partial charge in [0.2, 0.25) is 0 Å². The first-order valence-electron chi connectivity index (χ1n) is 8.17. The predicted molar refractivity (Wildman–Crippen MR) is 92.9 cm³/mol. The van der Waals surface area contributed by atoms with Crippen LogP contribution >= 0.6 is 0 Å². The highest BCUT2D eigenvalue weighted by molar-refractivity contribution is 4.97. The Labute approximate surface area is 127 Å². The summed E-state index contributed by atoms with van der Waals surface area (Å²) in [6.45, 7) is 19.7. The van der Waals surface area contributed by atoms with Gasteiger partial charge in [0, 0.05) is 12.2 Å². The topological polar surface area (TPSA) is 12.0 Å². The van der Waals surface area contributed by atoms with Gasteiger partial charge < -0.3 is 5.32 Å². The molecule has 0 bridgehead atoms. The van der Waals surface area contributed by atoms with Crippen molar-refractivity contribution >= 4 is 0 Å². The van der Waals surface area contributed by atoms with E-state index in [1.165, 1.54) is 55.4 Å². The molecule has 0 aromatic rings. The minimum atomic E-state index is 0.632. The van der Waals surface area contributed by atoms with Crippen molar-refractivity contribution in [2.75, 3.05) is 6.54 Å². The van der Waals surface area contributed by atoms with E-state index in [-0.39, 0.29) is 0 Å². The fraction of sp³-hybridized carbons (Fsp3) is 0.684. The average Bonchev–Trinajstić information content (AvgIpc) is 2.38. The van der Waals surface area contributed by atoms with Gasteiger partial charge in [-0.1, -0.05) is 44.6 Å². The van der Waals surface area contributed by atoms with Gasteiger partial charge in [-0.2, -0.15) is 0 Å². The standard InChI is InChI=1S/C19H35N/c1-16(2)12-9-10-14-19(6)20-15-11-7-8-13-18(5)17(3)4/h17,20H,1,5-15H2,2-4H3. The Hall–Kier alpha value is -0.980. The molecular formula is C19H35N. The molecule has 0 radical (unpaired) electrons. The second-order valence-electron chi connectivity index (χ2n) is 6.32. The fourth-order valence-electron chi connectivity index (χ4n) is 2.06. The molecule has 0 amide bonds. The average molecular weight is 277 g/mol.